The third-order valence-electron chi connectivity index (χ3n) is 4.40. The van der Waals surface area contributed by atoms with Crippen molar-refractivity contribution in [3.05, 3.63) is 0 Å². The van der Waals surface area contributed by atoms with Crippen molar-refractivity contribution in [3.8, 4) is 0 Å². The van der Waals surface area contributed by atoms with Crippen LogP contribution < -0.4 is 5.32 Å². The summed E-state index contributed by atoms with van der Waals surface area (Å²) in [6, 6.07) is 0. The Kier molecular flexibility index (Phi) is 6.53. The number of hydrogen-bond acceptors (Lipinski definition) is 1. The number of hydrogen-bond donors (Lipinski definition) is 1. The number of amides is 1. The van der Waals surface area contributed by atoms with Crippen molar-refractivity contribution in [2.75, 3.05) is 11.9 Å². The fourth-order valence-electron chi connectivity index (χ4n) is 2.52. The second-order valence-corrected chi connectivity index (χ2v) is 5.95. The van der Waals surface area contributed by atoms with E-state index in [1.165, 1.54) is 19.3 Å². The first-order chi connectivity index (χ1) is 8.17. The molecule has 1 fully saturated rings. The maximum Gasteiger partial charge on any atom is 0.223 e. The molecule has 0 saturated heterocycles. The van der Waals surface area contributed by atoms with Gasteiger partial charge in [0.2, 0.25) is 5.91 Å². The molecule has 1 amide bonds. The quantitative estimate of drug-likeness (QED) is 0.741. The number of carbonyl (C=O) groups is 1. The van der Waals surface area contributed by atoms with Crippen LogP contribution in [0.2, 0.25) is 0 Å². The van der Waals surface area contributed by atoms with Gasteiger partial charge in [-0.2, -0.15) is 0 Å². The van der Waals surface area contributed by atoms with Crippen LogP contribution in [0.15, 0.2) is 0 Å². The van der Waals surface area contributed by atoms with Gasteiger partial charge in [0.25, 0.3) is 0 Å². The molecule has 1 rings (SSSR count). The molecule has 100 valence electrons. The third kappa shape index (κ3) is 4.27. The maximum absolute atomic E-state index is 12.1. The van der Waals surface area contributed by atoms with Crippen molar-refractivity contribution in [1.29, 1.82) is 0 Å². The fraction of sp³-hybridized carbons (Fsp3) is 0.929. The lowest BCUT2D eigenvalue weighted by atomic mass is 9.84. The molecule has 1 aliphatic carbocycles. The summed E-state index contributed by atoms with van der Waals surface area (Å²) in [6.07, 6.45) is 8.15. The van der Waals surface area contributed by atoms with Crippen molar-refractivity contribution >= 4 is 21.8 Å². The van der Waals surface area contributed by atoms with Crippen molar-refractivity contribution in [3.63, 3.8) is 0 Å². The number of alkyl halides is 1. The summed E-state index contributed by atoms with van der Waals surface area (Å²) in [4.78, 5) is 12.1. The molecule has 0 aromatic rings. The zero-order valence-corrected chi connectivity index (χ0v) is 12.8. The Balaban J connectivity index is 2.40. The minimum absolute atomic E-state index is 0.240. The summed E-state index contributed by atoms with van der Waals surface area (Å²) >= 11 is 3.59. The van der Waals surface area contributed by atoms with Crippen molar-refractivity contribution in [1.82, 2.24) is 5.32 Å². The summed E-state index contributed by atoms with van der Waals surface area (Å²) in [5, 5.41) is 4.15. The molecule has 1 N–H and O–H groups in total. The van der Waals surface area contributed by atoms with Gasteiger partial charge in [-0.15, -0.1) is 0 Å². The Morgan fingerprint density at radius 2 is 1.82 bits per heavy atom. The van der Waals surface area contributed by atoms with Gasteiger partial charge in [0.1, 0.15) is 0 Å². The van der Waals surface area contributed by atoms with Gasteiger partial charge < -0.3 is 5.32 Å². The van der Waals surface area contributed by atoms with Gasteiger partial charge in [-0.05, 0) is 31.1 Å². The van der Waals surface area contributed by atoms with Gasteiger partial charge in [-0.25, -0.2) is 0 Å². The summed E-state index contributed by atoms with van der Waals surface area (Å²) in [6.45, 7) is 5.23. The smallest absolute Gasteiger partial charge is 0.223 e. The van der Waals surface area contributed by atoms with Crippen LogP contribution in [0.25, 0.3) is 0 Å². The fourth-order valence-corrected chi connectivity index (χ4v) is 3.51. The first-order valence-corrected chi connectivity index (χ1v) is 8.13. The van der Waals surface area contributed by atoms with Crippen LogP contribution in [0, 0.1) is 11.3 Å². The van der Waals surface area contributed by atoms with E-state index >= 15 is 0 Å². The Hall–Kier alpha value is -0.0500. The van der Waals surface area contributed by atoms with Crippen LogP contribution in [0.3, 0.4) is 0 Å². The highest BCUT2D eigenvalue weighted by Gasteiger charge is 2.27. The highest BCUT2D eigenvalue weighted by molar-refractivity contribution is 9.09. The standard InChI is InChI=1S/C14H26BrNO/c1-3-14(4-2,10-15)11-16-13(17)12-8-6-5-7-9-12/h12H,3-11H2,1-2H3,(H,16,17). The van der Waals surface area contributed by atoms with Crippen molar-refractivity contribution < 1.29 is 4.79 Å². The largest absolute Gasteiger partial charge is 0.355 e. The molecule has 0 heterocycles. The summed E-state index contributed by atoms with van der Waals surface area (Å²) in [7, 11) is 0. The lowest BCUT2D eigenvalue weighted by molar-refractivity contribution is -0.126. The second kappa shape index (κ2) is 7.40. The molecular formula is C14H26BrNO. The average Bonchev–Trinajstić information content (AvgIpc) is 2.41. The Morgan fingerprint density at radius 1 is 1.24 bits per heavy atom. The van der Waals surface area contributed by atoms with Crippen LogP contribution in [0.4, 0.5) is 0 Å². The molecular weight excluding hydrogens is 278 g/mol. The molecule has 0 bridgehead atoms. The van der Waals surface area contributed by atoms with E-state index in [1.807, 2.05) is 0 Å². The summed E-state index contributed by atoms with van der Waals surface area (Å²) < 4.78 is 0. The van der Waals surface area contributed by atoms with Crippen LogP contribution in [0.1, 0.15) is 58.8 Å². The molecule has 17 heavy (non-hydrogen) atoms. The molecule has 0 atom stereocenters. The van der Waals surface area contributed by atoms with Gasteiger partial charge in [-0.1, -0.05) is 49.0 Å². The molecule has 0 aromatic carbocycles. The minimum atomic E-state index is 0.240. The molecule has 3 heteroatoms. The molecule has 0 aliphatic heterocycles. The molecule has 0 spiro atoms. The number of carbonyl (C=O) groups excluding carboxylic acids is 1. The first-order valence-electron chi connectivity index (χ1n) is 7.01. The van der Waals surface area contributed by atoms with Crippen LogP contribution in [-0.4, -0.2) is 17.8 Å². The SMILES string of the molecule is CCC(CC)(CBr)CNC(=O)C1CCCCC1. The Labute approximate surface area is 114 Å². The van der Waals surface area contributed by atoms with E-state index in [0.29, 0.717) is 0 Å². The van der Waals surface area contributed by atoms with Crippen molar-refractivity contribution in [2.45, 2.75) is 58.8 Å². The number of nitrogens with one attached hydrogen (secondary N) is 1. The minimum Gasteiger partial charge on any atom is -0.355 e. The van der Waals surface area contributed by atoms with E-state index in [1.54, 1.807) is 0 Å². The van der Waals surface area contributed by atoms with Gasteiger partial charge in [0.05, 0.1) is 0 Å². The average molecular weight is 304 g/mol. The molecule has 0 aromatic heterocycles. The van der Waals surface area contributed by atoms with Gasteiger partial charge in [0.15, 0.2) is 0 Å². The highest BCUT2D eigenvalue weighted by atomic mass is 79.9. The van der Waals surface area contributed by atoms with Crippen molar-refractivity contribution in [2.24, 2.45) is 11.3 Å². The topological polar surface area (TPSA) is 29.1 Å². The monoisotopic (exact) mass is 303 g/mol. The van der Waals surface area contributed by atoms with E-state index in [-0.39, 0.29) is 17.2 Å². The van der Waals surface area contributed by atoms with Crippen LogP contribution in [0.5, 0.6) is 0 Å². The molecule has 1 aliphatic rings. The Bertz CT molecular complexity index is 224. The molecule has 1 saturated carbocycles. The predicted octanol–water partition coefficient (Wildman–Crippen LogP) is 3.88. The lowest BCUT2D eigenvalue weighted by Crippen LogP contribution is -2.41. The maximum atomic E-state index is 12.1. The lowest BCUT2D eigenvalue weighted by Gasteiger charge is -2.31. The second-order valence-electron chi connectivity index (χ2n) is 5.39. The van der Waals surface area contributed by atoms with Crippen LogP contribution in [-0.2, 0) is 4.79 Å². The third-order valence-corrected chi connectivity index (χ3v) is 5.59. The zero-order valence-electron chi connectivity index (χ0n) is 11.2. The van der Waals surface area contributed by atoms with Gasteiger partial charge in [-0.3, -0.25) is 4.79 Å². The predicted molar refractivity (Wildman–Crippen MR) is 76.4 cm³/mol. The first kappa shape index (κ1) is 15.0. The van der Waals surface area contributed by atoms with E-state index in [0.717, 1.165) is 37.6 Å². The zero-order chi connectivity index (χ0) is 12.7. The summed E-state index contributed by atoms with van der Waals surface area (Å²) in [5.74, 6) is 0.572. The normalized spacial score (nSPS) is 18.1. The molecule has 0 radical (unpaired) electrons. The van der Waals surface area contributed by atoms with Crippen LogP contribution >= 0.6 is 15.9 Å². The molecule has 0 unspecified atom stereocenters. The van der Waals surface area contributed by atoms with Gasteiger partial charge >= 0.3 is 0 Å². The van der Waals surface area contributed by atoms with E-state index in [2.05, 4.69) is 35.1 Å². The van der Waals surface area contributed by atoms with E-state index in [4.69, 9.17) is 0 Å². The van der Waals surface area contributed by atoms with E-state index < -0.39 is 0 Å². The van der Waals surface area contributed by atoms with Gasteiger partial charge in [0, 0.05) is 17.8 Å². The van der Waals surface area contributed by atoms with E-state index in [9.17, 15) is 4.79 Å². The number of halogens is 1. The highest BCUT2D eigenvalue weighted by Crippen LogP contribution is 2.28. The number of rotatable bonds is 6. The molecule has 2 nitrogen and oxygen atoms in total. The Morgan fingerprint density at radius 3 is 2.29 bits per heavy atom. The summed E-state index contributed by atoms with van der Waals surface area (Å²) in [5.41, 5.74) is 0.240.